The van der Waals surface area contributed by atoms with E-state index < -0.39 is 5.97 Å². The van der Waals surface area contributed by atoms with Crippen LogP contribution in [0.1, 0.15) is 18.1 Å². The number of hydrogen-bond donors (Lipinski definition) is 2. The van der Waals surface area contributed by atoms with Crippen LogP contribution in [0.5, 0.6) is 0 Å². The van der Waals surface area contributed by atoms with Crippen molar-refractivity contribution in [2.45, 2.75) is 20.0 Å². The van der Waals surface area contributed by atoms with Gasteiger partial charge < -0.3 is 10.8 Å². The fourth-order valence-corrected chi connectivity index (χ4v) is 2.08. The first-order valence-electron chi connectivity index (χ1n) is 7.31. The number of carboxylic acids is 1. The van der Waals surface area contributed by atoms with Crippen molar-refractivity contribution in [2.24, 2.45) is 5.73 Å². The number of nitrogens with two attached hydrogens (primary N) is 1. The van der Waals surface area contributed by atoms with Gasteiger partial charge in [-0.2, -0.15) is 0 Å². The lowest BCUT2D eigenvalue weighted by molar-refractivity contribution is -0.134. The maximum atomic E-state index is 9.00. The predicted molar refractivity (Wildman–Crippen MR) is 89.4 cm³/mol. The van der Waals surface area contributed by atoms with E-state index in [9.17, 15) is 0 Å². The quantitative estimate of drug-likeness (QED) is 0.861. The third-order valence-corrected chi connectivity index (χ3v) is 2.94. The van der Waals surface area contributed by atoms with Crippen molar-refractivity contribution in [3.05, 3.63) is 71.8 Å². The van der Waals surface area contributed by atoms with E-state index in [1.165, 1.54) is 11.1 Å². The van der Waals surface area contributed by atoms with E-state index in [-0.39, 0.29) is 0 Å². The molecule has 0 amide bonds. The molecule has 2 aromatic rings. The van der Waals surface area contributed by atoms with Gasteiger partial charge in [0.1, 0.15) is 0 Å². The smallest absolute Gasteiger partial charge is 0.300 e. The largest absolute Gasteiger partial charge is 0.481 e. The van der Waals surface area contributed by atoms with Crippen molar-refractivity contribution in [1.29, 1.82) is 0 Å². The second kappa shape index (κ2) is 10.5. The number of carbonyl (C=O) groups is 1. The van der Waals surface area contributed by atoms with Gasteiger partial charge in [0.15, 0.2) is 0 Å². The molecule has 0 heterocycles. The van der Waals surface area contributed by atoms with Gasteiger partial charge in [-0.3, -0.25) is 9.69 Å². The zero-order valence-electron chi connectivity index (χ0n) is 13.0. The van der Waals surface area contributed by atoms with Crippen LogP contribution in [0.15, 0.2) is 60.7 Å². The van der Waals surface area contributed by atoms with Gasteiger partial charge in [-0.15, -0.1) is 0 Å². The summed E-state index contributed by atoms with van der Waals surface area (Å²) in [5.74, 6) is -0.833. The molecule has 0 aliphatic rings. The van der Waals surface area contributed by atoms with Crippen LogP contribution in [0, 0.1) is 0 Å². The molecule has 118 valence electrons. The van der Waals surface area contributed by atoms with Gasteiger partial charge in [0, 0.05) is 33.1 Å². The highest BCUT2D eigenvalue weighted by molar-refractivity contribution is 5.62. The average molecular weight is 300 g/mol. The summed E-state index contributed by atoms with van der Waals surface area (Å²) in [4.78, 5) is 11.4. The van der Waals surface area contributed by atoms with E-state index in [4.69, 9.17) is 15.6 Å². The summed E-state index contributed by atoms with van der Waals surface area (Å²) >= 11 is 0. The first-order chi connectivity index (χ1) is 10.6. The van der Waals surface area contributed by atoms with Crippen LogP contribution < -0.4 is 5.73 Å². The van der Waals surface area contributed by atoms with E-state index in [0.717, 1.165) is 26.6 Å². The Morgan fingerprint density at radius 1 is 0.955 bits per heavy atom. The molecule has 22 heavy (non-hydrogen) atoms. The predicted octanol–water partition coefficient (Wildman–Crippen LogP) is 2.74. The molecule has 0 saturated heterocycles. The van der Waals surface area contributed by atoms with Crippen molar-refractivity contribution in [3.63, 3.8) is 0 Å². The van der Waals surface area contributed by atoms with E-state index >= 15 is 0 Å². The number of rotatable bonds is 6. The van der Waals surface area contributed by atoms with E-state index in [2.05, 4.69) is 53.4 Å². The molecule has 0 bridgehead atoms. The molecule has 0 fully saturated rings. The number of nitrogens with zero attached hydrogens (tertiary/aromatic N) is 1. The van der Waals surface area contributed by atoms with Crippen LogP contribution in [0.3, 0.4) is 0 Å². The van der Waals surface area contributed by atoms with Crippen LogP contribution in [-0.2, 0) is 17.9 Å². The molecule has 3 N–H and O–H groups in total. The fourth-order valence-electron chi connectivity index (χ4n) is 2.08. The van der Waals surface area contributed by atoms with Crippen LogP contribution in [0.25, 0.3) is 0 Å². The first-order valence-corrected chi connectivity index (χ1v) is 7.31. The second-order valence-corrected chi connectivity index (χ2v) is 4.99. The molecule has 0 aliphatic carbocycles. The summed E-state index contributed by atoms with van der Waals surface area (Å²) in [5.41, 5.74) is 8.37. The lowest BCUT2D eigenvalue weighted by Crippen LogP contribution is -2.28. The molecule has 2 rings (SSSR count). The SMILES string of the molecule is CC(=O)O.NCCN(Cc1ccccc1)Cc1ccccc1. The Bertz CT molecular complexity index is 484. The molecular formula is C18H24N2O2. The molecule has 0 spiro atoms. The van der Waals surface area contributed by atoms with Crippen molar-refractivity contribution in [1.82, 2.24) is 4.90 Å². The summed E-state index contributed by atoms with van der Waals surface area (Å²) in [5, 5.41) is 7.42. The van der Waals surface area contributed by atoms with Gasteiger partial charge in [0.2, 0.25) is 0 Å². The topological polar surface area (TPSA) is 66.6 Å². The normalized spacial score (nSPS) is 9.95. The molecule has 0 radical (unpaired) electrons. The molecule has 4 heteroatoms. The van der Waals surface area contributed by atoms with Crippen molar-refractivity contribution in [3.8, 4) is 0 Å². The standard InChI is InChI=1S/C16H20N2.C2H4O2/c17-11-12-18(13-15-7-3-1-4-8-15)14-16-9-5-2-6-10-16;1-2(3)4/h1-10H,11-14,17H2;1H3,(H,3,4). The maximum absolute atomic E-state index is 9.00. The summed E-state index contributed by atoms with van der Waals surface area (Å²) in [6.45, 7) is 4.60. The number of hydrogen-bond acceptors (Lipinski definition) is 3. The van der Waals surface area contributed by atoms with Gasteiger partial charge >= 0.3 is 0 Å². The molecule has 0 saturated carbocycles. The van der Waals surface area contributed by atoms with E-state index in [1.807, 2.05) is 12.1 Å². The minimum absolute atomic E-state index is 0.694. The Morgan fingerprint density at radius 2 is 1.32 bits per heavy atom. The van der Waals surface area contributed by atoms with Crippen molar-refractivity contribution in [2.75, 3.05) is 13.1 Å². The third kappa shape index (κ3) is 8.19. The van der Waals surface area contributed by atoms with Gasteiger partial charge in [-0.25, -0.2) is 0 Å². The molecule has 0 unspecified atom stereocenters. The van der Waals surface area contributed by atoms with E-state index in [1.54, 1.807) is 0 Å². The zero-order chi connectivity index (χ0) is 16.2. The number of carboxylic acid groups (broad SMARTS) is 1. The first kappa shape index (κ1) is 17.9. The highest BCUT2D eigenvalue weighted by atomic mass is 16.4. The summed E-state index contributed by atoms with van der Waals surface area (Å²) in [6.07, 6.45) is 0. The summed E-state index contributed by atoms with van der Waals surface area (Å²) < 4.78 is 0. The van der Waals surface area contributed by atoms with Crippen LogP contribution in [0.4, 0.5) is 0 Å². The van der Waals surface area contributed by atoms with Gasteiger partial charge in [-0.05, 0) is 11.1 Å². The Hall–Kier alpha value is -2.17. The van der Waals surface area contributed by atoms with Gasteiger partial charge in [-0.1, -0.05) is 60.7 Å². The molecular weight excluding hydrogens is 276 g/mol. The maximum Gasteiger partial charge on any atom is 0.300 e. The fraction of sp³-hybridized carbons (Fsp3) is 0.278. The van der Waals surface area contributed by atoms with Crippen LogP contribution in [-0.4, -0.2) is 29.1 Å². The highest BCUT2D eigenvalue weighted by Gasteiger charge is 2.05. The number of benzene rings is 2. The Morgan fingerprint density at radius 3 is 1.64 bits per heavy atom. The number of aliphatic carboxylic acids is 1. The molecule has 0 atom stereocenters. The lowest BCUT2D eigenvalue weighted by Gasteiger charge is -2.21. The minimum Gasteiger partial charge on any atom is -0.481 e. The monoisotopic (exact) mass is 300 g/mol. The van der Waals surface area contributed by atoms with Crippen molar-refractivity contribution < 1.29 is 9.90 Å². The molecule has 0 aromatic heterocycles. The van der Waals surface area contributed by atoms with Gasteiger partial charge in [0.25, 0.3) is 5.97 Å². The lowest BCUT2D eigenvalue weighted by atomic mass is 10.1. The van der Waals surface area contributed by atoms with Crippen molar-refractivity contribution >= 4 is 5.97 Å². The Balaban J connectivity index is 0.000000541. The molecule has 4 nitrogen and oxygen atoms in total. The summed E-state index contributed by atoms with van der Waals surface area (Å²) in [7, 11) is 0. The second-order valence-electron chi connectivity index (χ2n) is 4.99. The molecule has 2 aromatic carbocycles. The van der Waals surface area contributed by atoms with E-state index in [0.29, 0.717) is 6.54 Å². The van der Waals surface area contributed by atoms with Crippen LogP contribution in [0.2, 0.25) is 0 Å². The Labute approximate surface area is 132 Å². The average Bonchev–Trinajstić information content (AvgIpc) is 2.49. The third-order valence-electron chi connectivity index (χ3n) is 2.94. The highest BCUT2D eigenvalue weighted by Crippen LogP contribution is 2.09. The summed E-state index contributed by atoms with van der Waals surface area (Å²) in [6, 6.07) is 21.1. The minimum atomic E-state index is -0.833. The Kier molecular flexibility index (Phi) is 8.57. The zero-order valence-corrected chi connectivity index (χ0v) is 13.0. The van der Waals surface area contributed by atoms with Crippen LogP contribution >= 0.6 is 0 Å². The van der Waals surface area contributed by atoms with Gasteiger partial charge in [0.05, 0.1) is 0 Å². The molecule has 0 aliphatic heterocycles.